The van der Waals surface area contributed by atoms with Gasteiger partial charge in [-0.15, -0.1) is 0 Å². The van der Waals surface area contributed by atoms with Gasteiger partial charge in [0.1, 0.15) is 11.9 Å². The van der Waals surface area contributed by atoms with Crippen LogP contribution in [0, 0.1) is 13.8 Å². The number of hydrogen-bond acceptors (Lipinski definition) is 4. The van der Waals surface area contributed by atoms with E-state index in [0.717, 1.165) is 59.8 Å². The van der Waals surface area contributed by atoms with E-state index in [1.807, 2.05) is 54.8 Å². The summed E-state index contributed by atoms with van der Waals surface area (Å²) < 4.78 is 1.81. The van der Waals surface area contributed by atoms with Crippen LogP contribution in [0.2, 0.25) is 0 Å². The van der Waals surface area contributed by atoms with Crippen LogP contribution in [0.25, 0.3) is 16.9 Å². The van der Waals surface area contributed by atoms with Gasteiger partial charge in [-0.05, 0) is 33.1 Å². The summed E-state index contributed by atoms with van der Waals surface area (Å²) >= 11 is 0. The van der Waals surface area contributed by atoms with E-state index < -0.39 is 0 Å². The van der Waals surface area contributed by atoms with E-state index in [1.165, 1.54) is 0 Å². The van der Waals surface area contributed by atoms with Crippen LogP contribution >= 0.6 is 0 Å². The zero-order chi connectivity index (χ0) is 18.1. The van der Waals surface area contributed by atoms with Crippen LogP contribution in [-0.4, -0.2) is 33.1 Å². The van der Waals surface area contributed by atoms with E-state index in [1.54, 1.807) is 0 Å². The highest BCUT2D eigenvalue weighted by atomic mass is 16.2. The molecule has 0 bridgehead atoms. The van der Waals surface area contributed by atoms with Crippen molar-refractivity contribution in [1.82, 2.24) is 19.9 Å². The molecule has 1 unspecified atom stereocenters. The van der Waals surface area contributed by atoms with Gasteiger partial charge < -0.3 is 10.6 Å². The summed E-state index contributed by atoms with van der Waals surface area (Å²) in [7, 11) is 0. The molecule has 134 valence electrons. The molecule has 26 heavy (non-hydrogen) atoms. The molecule has 0 radical (unpaired) electrons. The summed E-state index contributed by atoms with van der Waals surface area (Å²) in [5.74, 6) is 0.849. The topological polar surface area (TPSA) is 71.3 Å². The molecule has 0 aliphatic carbocycles. The number of aryl methyl sites for hydroxylation is 2. The molecule has 2 aromatic heterocycles. The Morgan fingerprint density at radius 1 is 1.19 bits per heavy atom. The molecule has 1 aromatic carbocycles. The van der Waals surface area contributed by atoms with E-state index in [9.17, 15) is 4.79 Å². The highest BCUT2D eigenvalue weighted by Crippen LogP contribution is 2.25. The predicted octanol–water partition coefficient (Wildman–Crippen LogP) is 3.09. The van der Waals surface area contributed by atoms with Crippen LogP contribution < -0.4 is 10.6 Å². The SMILES string of the molecule is Cc1nn2c(NC3CCCCNC3=O)cc(-c3ccccc3)nc2c1C. The minimum atomic E-state index is -0.253. The van der Waals surface area contributed by atoms with Crippen LogP contribution in [0.4, 0.5) is 5.82 Å². The fourth-order valence-corrected chi connectivity index (χ4v) is 3.34. The monoisotopic (exact) mass is 349 g/mol. The molecular formula is C20H23N5O. The zero-order valence-corrected chi connectivity index (χ0v) is 15.1. The second-order valence-electron chi connectivity index (χ2n) is 6.82. The lowest BCUT2D eigenvalue weighted by Crippen LogP contribution is -2.38. The average Bonchev–Trinajstić information content (AvgIpc) is 2.81. The van der Waals surface area contributed by atoms with E-state index >= 15 is 0 Å². The first kappa shape index (κ1) is 16.6. The second-order valence-corrected chi connectivity index (χ2v) is 6.82. The lowest BCUT2D eigenvalue weighted by molar-refractivity contribution is -0.121. The van der Waals surface area contributed by atoms with Gasteiger partial charge in [0.25, 0.3) is 0 Å². The minimum Gasteiger partial charge on any atom is -0.358 e. The molecule has 6 heteroatoms. The van der Waals surface area contributed by atoms with Crippen molar-refractivity contribution in [2.45, 2.75) is 39.2 Å². The molecule has 1 saturated heterocycles. The van der Waals surface area contributed by atoms with Crippen molar-refractivity contribution in [3.8, 4) is 11.3 Å². The van der Waals surface area contributed by atoms with Gasteiger partial charge in [0.05, 0.1) is 11.4 Å². The summed E-state index contributed by atoms with van der Waals surface area (Å²) in [6.07, 6.45) is 2.85. The van der Waals surface area contributed by atoms with Gasteiger partial charge in [-0.25, -0.2) is 4.98 Å². The van der Waals surface area contributed by atoms with Crippen LogP contribution in [0.3, 0.4) is 0 Å². The normalized spacial score (nSPS) is 17.8. The van der Waals surface area contributed by atoms with Crippen molar-refractivity contribution in [3.05, 3.63) is 47.7 Å². The standard InChI is InChI=1S/C20H23N5O/c1-13-14(2)24-25-18(22-16-10-6-7-11-21-20(16)26)12-17(23-19(13)25)15-8-4-3-5-9-15/h3-5,8-9,12,16,22H,6-7,10-11H2,1-2H3,(H,21,26). The first-order chi connectivity index (χ1) is 12.6. The molecule has 0 saturated carbocycles. The van der Waals surface area contributed by atoms with Gasteiger partial charge in [0.15, 0.2) is 5.65 Å². The van der Waals surface area contributed by atoms with Crippen molar-refractivity contribution in [3.63, 3.8) is 0 Å². The van der Waals surface area contributed by atoms with Gasteiger partial charge in [0.2, 0.25) is 5.91 Å². The number of fused-ring (bicyclic) bond motifs is 1. The molecule has 2 N–H and O–H groups in total. The molecule has 0 spiro atoms. The van der Waals surface area contributed by atoms with Crippen molar-refractivity contribution in [1.29, 1.82) is 0 Å². The lowest BCUT2D eigenvalue weighted by Gasteiger charge is -2.18. The molecule has 3 aromatic rings. The molecule has 6 nitrogen and oxygen atoms in total. The van der Waals surface area contributed by atoms with Crippen molar-refractivity contribution < 1.29 is 4.79 Å². The van der Waals surface area contributed by atoms with E-state index in [-0.39, 0.29) is 11.9 Å². The molecule has 4 rings (SSSR count). The first-order valence-electron chi connectivity index (χ1n) is 9.10. The number of carbonyl (C=O) groups excluding carboxylic acids is 1. The molecule has 1 amide bonds. The number of nitrogens with zero attached hydrogens (tertiary/aromatic N) is 3. The number of rotatable bonds is 3. The number of anilines is 1. The molecule has 1 aliphatic rings. The maximum absolute atomic E-state index is 12.4. The van der Waals surface area contributed by atoms with Crippen molar-refractivity contribution in [2.24, 2.45) is 0 Å². The summed E-state index contributed by atoms with van der Waals surface area (Å²) in [5.41, 5.74) is 4.73. The highest BCUT2D eigenvalue weighted by Gasteiger charge is 2.22. The smallest absolute Gasteiger partial charge is 0.242 e. The van der Waals surface area contributed by atoms with Gasteiger partial charge in [-0.1, -0.05) is 30.3 Å². The Kier molecular flexibility index (Phi) is 4.32. The van der Waals surface area contributed by atoms with Gasteiger partial charge in [-0.3, -0.25) is 4.79 Å². The highest BCUT2D eigenvalue weighted by molar-refractivity contribution is 5.85. The Balaban J connectivity index is 1.81. The Labute approximate surface area is 152 Å². The van der Waals surface area contributed by atoms with E-state index in [2.05, 4.69) is 15.7 Å². The fourth-order valence-electron chi connectivity index (χ4n) is 3.34. The number of benzene rings is 1. The fraction of sp³-hybridized carbons (Fsp3) is 0.350. The van der Waals surface area contributed by atoms with E-state index in [4.69, 9.17) is 4.98 Å². The minimum absolute atomic E-state index is 0.0503. The quantitative estimate of drug-likeness (QED) is 0.762. The summed E-state index contributed by atoms with van der Waals surface area (Å²) in [6, 6.07) is 11.8. The largest absolute Gasteiger partial charge is 0.358 e. The molecule has 1 fully saturated rings. The van der Waals surface area contributed by atoms with Gasteiger partial charge >= 0.3 is 0 Å². The predicted molar refractivity (Wildman–Crippen MR) is 102 cm³/mol. The molecule has 3 heterocycles. The Bertz CT molecular complexity index is 948. The maximum atomic E-state index is 12.4. The number of amides is 1. The summed E-state index contributed by atoms with van der Waals surface area (Å²) in [4.78, 5) is 17.2. The van der Waals surface area contributed by atoms with Crippen LogP contribution in [0.5, 0.6) is 0 Å². The molecule has 1 aliphatic heterocycles. The zero-order valence-electron chi connectivity index (χ0n) is 15.1. The Morgan fingerprint density at radius 2 is 2.00 bits per heavy atom. The Hall–Kier alpha value is -2.89. The number of aromatic nitrogens is 3. The van der Waals surface area contributed by atoms with Crippen LogP contribution in [-0.2, 0) is 4.79 Å². The average molecular weight is 349 g/mol. The van der Waals surface area contributed by atoms with Crippen molar-refractivity contribution in [2.75, 3.05) is 11.9 Å². The second kappa shape index (κ2) is 6.78. The lowest BCUT2D eigenvalue weighted by atomic mass is 10.1. The number of nitrogens with one attached hydrogen (secondary N) is 2. The summed E-state index contributed by atoms with van der Waals surface area (Å²) in [5, 5.41) is 11.0. The maximum Gasteiger partial charge on any atom is 0.242 e. The molecular weight excluding hydrogens is 326 g/mol. The van der Waals surface area contributed by atoms with E-state index in [0.29, 0.717) is 0 Å². The van der Waals surface area contributed by atoms with Crippen molar-refractivity contribution >= 4 is 17.4 Å². The van der Waals surface area contributed by atoms with Crippen LogP contribution in [0.15, 0.2) is 36.4 Å². The van der Waals surface area contributed by atoms with Gasteiger partial charge in [-0.2, -0.15) is 9.61 Å². The number of hydrogen-bond donors (Lipinski definition) is 2. The third-order valence-electron chi connectivity index (χ3n) is 4.98. The Morgan fingerprint density at radius 3 is 2.81 bits per heavy atom. The third kappa shape index (κ3) is 3.03. The summed E-state index contributed by atoms with van der Waals surface area (Å²) in [6.45, 7) is 4.76. The van der Waals surface area contributed by atoms with Gasteiger partial charge in [0, 0.05) is 23.7 Å². The van der Waals surface area contributed by atoms with Crippen LogP contribution in [0.1, 0.15) is 30.5 Å². The number of carbonyl (C=O) groups is 1. The molecule has 1 atom stereocenters. The first-order valence-corrected chi connectivity index (χ1v) is 9.10. The third-order valence-corrected chi connectivity index (χ3v) is 4.98.